The summed E-state index contributed by atoms with van der Waals surface area (Å²) in [5.74, 6) is -2.24. The van der Waals surface area contributed by atoms with Gasteiger partial charge in [-0.1, -0.05) is 17.7 Å². The van der Waals surface area contributed by atoms with Crippen molar-refractivity contribution in [1.82, 2.24) is 24.7 Å². The Kier molecular flexibility index (Phi) is 8.48. The molecule has 2 unspecified atom stereocenters. The molecule has 13 heteroatoms. The highest BCUT2D eigenvalue weighted by atomic mass is 35.5. The van der Waals surface area contributed by atoms with Crippen LogP contribution in [0, 0.1) is 38.5 Å². The van der Waals surface area contributed by atoms with Crippen LogP contribution in [0.2, 0.25) is 5.02 Å². The molecule has 3 amide bonds. The molecule has 226 valence electrons. The SMILES string of the molecule is Cc1ccc(N(CCCN2CC3CN(C(=O)c4c(C)ncnc4C)CC3C2)C(=O)C2CN(C(=O)C(F)(F)F)C2)cc1Cl. The smallest absolute Gasteiger partial charge is 0.338 e. The van der Waals surface area contributed by atoms with Gasteiger partial charge in [0.1, 0.15) is 6.33 Å². The highest BCUT2D eigenvalue weighted by Crippen LogP contribution is 2.33. The number of carbonyl (C=O) groups excluding carboxylic acids is 3. The van der Waals surface area contributed by atoms with Crippen LogP contribution in [0.15, 0.2) is 24.5 Å². The monoisotopic (exact) mass is 606 g/mol. The lowest BCUT2D eigenvalue weighted by molar-refractivity contribution is -0.191. The summed E-state index contributed by atoms with van der Waals surface area (Å²) in [6.45, 7) is 9.12. The van der Waals surface area contributed by atoms with E-state index in [2.05, 4.69) is 14.9 Å². The van der Waals surface area contributed by atoms with E-state index in [9.17, 15) is 27.6 Å². The van der Waals surface area contributed by atoms with E-state index in [4.69, 9.17) is 11.6 Å². The van der Waals surface area contributed by atoms with Crippen molar-refractivity contribution in [1.29, 1.82) is 0 Å². The van der Waals surface area contributed by atoms with Gasteiger partial charge in [0, 0.05) is 56.5 Å². The van der Waals surface area contributed by atoms with Crippen molar-refractivity contribution < 1.29 is 27.6 Å². The average Bonchev–Trinajstić information content (AvgIpc) is 3.46. The second-order valence-corrected chi connectivity index (χ2v) is 12.0. The van der Waals surface area contributed by atoms with Crippen molar-refractivity contribution in [2.75, 3.05) is 57.3 Å². The zero-order chi connectivity index (χ0) is 30.3. The first-order valence-corrected chi connectivity index (χ1v) is 14.4. The van der Waals surface area contributed by atoms with Crippen LogP contribution < -0.4 is 4.90 Å². The number of halogens is 4. The van der Waals surface area contributed by atoms with Crippen LogP contribution in [0.25, 0.3) is 0 Å². The van der Waals surface area contributed by atoms with Crippen LogP contribution in [0.4, 0.5) is 18.9 Å². The van der Waals surface area contributed by atoms with E-state index in [-0.39, 0.29) is 24.9 Å². The number of aryl methyl sites for hydroxylation is 3. The number of rotatable bonds is 7. The number of fused-ring (bicyclic) bond motifs is 1. The van der Waals surface area contributed by atoms with E-state index in [1.54, 1.807) is 23.1 Å². The molecule has 0 aliphatic carbocycles. The molecule has 0 radical (unpaired) electrons. The Morgan fingerprint density at radius 1 is 0.952 bits per heavy atom. The average molecular weight is 607 g/mol. The van der Waals surface area contributed by atoms with Gasteiger partial charge in [-0.25, -0.2) is 9.97 Å². The van der Waals surface area contributed by atoms with Crippen molar-refractivity contribution in [3.8, 4) is 0 Å². The number of anilines is 1. The minimum Gasteiger partial charge on any atom is -0.338 e. The summed E-state index contributed by atoms with van der Waals surface area (Å²) in [6.07, 6.45) is -2.84. The van der Waals surface area contributed by atoms with Crippen LogP contribution >= 0.6 is 11.6 Å². The molecule has 5 rings (SSSR count). The number of hydrogen-bond donors (Lipinski definition) is 0. The summed E-state index contributed by atoms with van der Waals surface area (Å²) in [5.41, 5.74) is 3.37. The highest BCUT2D eigenvalue weighted by Gasteiger charge is 2.49. The van der Waals surface area contributed by atoms with Crippen LogP contribution in [0.1, 0.15) is 33.7 Å². The van der Waals surface area contributed by atoms with Crippen LogP contribution in [-0.4, -0.2) is 101 Å². The van der Waals surface area contributed by atoms with Crippen molar-refractivity contribution in [3.63, 3.8) is 0 Å². The molecule has 42 heavy (non-hydrogen) atoms. The molecule has 1 aromatic carbocycles. The molecule has 2 atom stereocenters. The summed E-state index contributed by atoms with van der Waals surface area (Å²) in [7, 11) is 0. The van der Waals surface area contributed by atoms with Gasteiger partial charge < -0.3 is 19.6 Å². The summed E-state index contributed by atoms with van der Waals surface area (Å²) in [6, 6.07) is 5.28. The van der Waals surface area contributed by atoms with Crippen molar-refractivity contribution in [3.05, 3.63) is 52.1 Å². The van der Waals surface area contributed by atoms with Crippen LogP contribution in [-0.2, 0) is 9.59 Å². The van der Waals surface area contributed by atoms with E-state index in [1.165, 1.54) is 6.33 Å². The van der Waals surface area contributed by atoms with Gasteiger partial charge in [-0.15, -0.1) is 0 Å². The van der Waals surface area contributed by atoms with Gasteiger partial charge in [0.05, 0.1) is 22.9 Å². The lowest BCUT2D eigenvalue weighted by Gasteiger charge is -2.40. The van der Waals surface area contributed by atoms with Gasteiger partial charge in [0.2, 0.25) is 5.91 Å². The predicted molar refractivity (Wildman–Crippen MR) is 150 cm³/mol. The van der Waals surface area contributed by atoms with E-state index < -0.39 is 18.0 Å². The summed E-state index contributed by atoms with van der Waals surface area (Å²) in [5, 5.41) is 0.492. The summed E-state index contributed by atoms with van der Waals surface area (Å²) >= 11 is 6.33. The number of nitrogens with zero attached hydrogens (tertiary/aromatic N) is 6. The van der Waals surface area contributed by atoms with Gasteiger partial charge in [0.25, 0.3) is 5.91 Å². The summed E-state index contributed by atoms with van der Waals surface area (Å²) < 4.78 is 38.4. The Labute approximate surface area is 247 Å². The molecule has 1 aromatic heterocycles. The molecular formula is C29H34ClF3N6O3. The van der Waals surface area contributed by atoms with Crippen molar-refractivity contribution in [2.45, 2.75) is 33.4 Å². The minimum atomic E-state index is -4.95. The first kappa shape index (κ1) is 30.2. The first-order valence-electron chi connectivity index (χ1n) is 14.1. The number of carbonyl (C=O) groups is 3. The molecule has 0 N–H and O–H groups in total. The predicted octanol–water partition coefficient (Wildman–Crippen LogP) is 3.50. The first-order chi connectivity index (χ1) is 19.8. The standard InChI is InChI=1S/C29H34ClF3N6O3/c1-17-5-6-23(9-24(17)30)39(26(40)22-14-38(15-22)28(42)29(31,32)33)8-4-7-36-10-20-12-37(13-21(20)11-36)27(41)25-18(2)34-16-35-19(25)3/h5-6,9,16,20-22H,4,7-8,10-15H2,1-3H3. The fraction of sp³-hybridized carbons (Fsp3) is 0.552. The maximum absolute atomic E-state index is 13.4. The number of benzene rings is 1. The number of aromatic nitrogens is 2. The largest absolute Gasteiger partial charge is 0.471 e. The quantitative estimate of drug-likeness (QED) is 0.479. The lowest BCUT2D eigenvalue weighted by Crippen LogP contribution is -2.59. The third-order valence-corrected chi connectivity index (χ3v) is 9.05. The fourth-order valence-electron chi connectivity index (χ4n) is 6.27. The third-order valence-electron chi connectivity index (χ3n) is 8.64. The van der Waals surface area contributed by atoms with Crippen molar-refractivity contribution >= 4 is 35.0 Å². The zero-order valence-electron chi connectivity index (χ0n) is 23.8. The maximum Gasteiger partial charge on any atom is 0.471 e. The molecule has 3 aliphatic rings. The minimum absolute atomic E-state index is 0.0241. The number of amides is 3. The number of likely N-dealkylation sites (tertiary alicyclic amines) is 3. The number of hydrogen-bond acceptors (Lipinski definition) is 6. The fourth-order valence-corrected chi connectivity index (χ4v) is 6.44. The zero-order valence-corrected chi connectivity index (χ0v) is 24.6. The molecule has 2 aromatic rings. The van der Waals surface area contributed by atoms with Gasteiger partial charge in [-0.2, -0.15) is 13.2 Å². The molecule has 9 nitrogen and oxygen atoms in total. The Bertz CT molecular complexity index is 1350. The molecule has 3 fully saturated rings. The Hall–Kier alpha value is -3.25. The molecule has 0 spiro atoms. The van der Waals surface area contributed by atoms with Gasteiger partial charge in [-0.05, 0) is 63.3 Å². The molecule has 3 saturated heterocycles. The highest BCUT2D eigenvalue weighted by molar-refractivity contribution is 6.31. The second-order valence-electron chi connectivity index (χ2n) is 11.6. The normalized spacial score (nSPS) is 20.9. The van der Waals surface area contributed by atoms with Crippen molar-refractivity contribution in [2.24, 2.45) is 17.8 Å². The second kappa shape index (κ2) is 11.8. The van der Waals surface area contributed by atoms with Gasteiger partial charge in [0.15, 0.2) is 0 Å². The molecule has 4 heterocycles. The molecular weight excluding hydrogens is 573 g/mol. The van der Waals surface area contributed by atoms with Crippen LogP contribution in [0.3, 0.4) is 0 Å². The lowest BCUT2D eigenvalue weighted by atomic mass is 9.97. The Morgan fingerprint density at radius 3 is 2.14 bits per heavy atom. The molecule has 0 bridgehead atoms. The van der Waals surface area contributed by atoms with E-state index in [0.717, 1.165) is 25.2 Å². The van der Waals surface area contributed by atoms with Crippen LogP contribution in [0.5, 0.6) is 0 Å². The Balaban J connectivity index is 1.16. The molecule has 0 saturated carbocycles. The maximum atomic E-state index is 13.4. The topological polar surface area (TPSA) is 89.9 Å². The van der Waals surface area contributed by atoms with E-state index in [0.29, 0.717) is 70.5 Å². The third kappa shape index (κ3) is 6.10. The van der Waals surface area contributed by atoms with Gasteiger partial charge >= 0.3 is 12.1 Å². The molecule has 3 aliphatic heterocycles. The van der Waals surface area contributed by atoms with Gasteiger partial charge in [-0.3, -0.25) is 14.4 Å². The van der Waals surface area contributed by atoms with E-state index >= 15 is 0 Å². The van der Waals surface area contributed by atoms with E-state index in [1.807, 2.05) is 25.7 Å². The number of alkyl halides is 3. The Morgan fingerprint density at radius 2 is 1.57 bits per heavy atom. The summed E-state index contributed by atoms with van der Waals surface area (Å²) in [4.78, 5) is 53.0.